The summed E-state index contributed by atoms with van der Waals surface area (Å²) in [5.41, 5.74) is 1.66. The molecule has 136 valence electrons. The first-order chi connectivity index (χ1) is 13.0. The van der Waals surface area contributed by atoms with Crippen LogP contribution in [-0.2, 0) is 0 Å². The van der Waals surface area contributed by atoms with Crippen molar-refractivity contribution in [3.63, 3.8) is 0 Å². The monoisotopic (exact) mass is 382 g/mol. The predicted octanol–water partition coefficient (Wildman–Crippen LogP) is 4.34. The molecule has 0 bridgehead atoms. The Bertz CT molecular complexity index is 1180. The Labute approximate surface area is 156 Å². The van der Waals surface area contributed by atoms with Crippen LogP contribution in [0.25, 0.3) is 21.1 Å². The van der Waals surface area contributed by atoms with Crippen molar-refractivity contribution in [1.82, 2.24) is 9.97 Å². The largest absolute Gasteiger partial charge is 0.494 e. The number of H-pyrrole nitrogens is 1. The van der Waals surface area contributed by atoms with Crippen molar-refractivity contribution in [2.24, 2.45) is 0 Å². The van der Waals surface area contributed by atoms with Crippen molar-refractivity contribution in [3.05, 3.63) is 58.3 Å². The number of nitrogens with one attached hydrogen (secondary N) is 2. The summed E-state index contributed by atoms with van der Waals surface area (Å²) in [5, 5.41) is 14.7. The molecule has 4 rings (SSSR count). The highest BCUT2D eigenvalue weighted by molar-refractivity contribution is 7.22. The molecular weight excluding hydrogens is 368 g/mol. The minimum Gasteiger partial charge on any atom is -0.494 e. The standard InChI is InChI=1S/C18H14N4O4S/c1-2-26-11-4-6-15-16(8-11)27-18(20-15)21-17(23)13-9-19-14-5-3-10(22(24)25)7-12(13)14/h3-9,19H,2H2,1H3,(H,20,21,23). The number of non-ortho nitro benzene ring substituents is 1. The maximum Gasteiger partial charge on any atom is 0.270 e. The summed E-state index contributed by atoms with van der Waals surface area (Å²) in [6.45, 7) is 2.48. The van der Waals surface area contributed by atoms with E-state index in [1.807, 2.05) is 25.1 Å². The van der Waals surface area contributed by atoms with Gasteiger partial charge in [-0.15, -0.1) is 0 Å². The second-order valence-corrected chi connectivity index (χ2v) is 6.76. The van der Waals surface area contributed by atoms with Gasteiger partial charge < -0.3 is 9.72 Å². The van der Waals surface area contributed by atoms with E-state index in [-0.39, 0.29) is 11.6 Å². The van der Waals surface area contributed by atoms with E-state index in [9.17, 15) is 14.9 Å². The molecule has 8 nitrogen and oxygen atoms in total. The fourth-order valence-corrected chi connectivity index (χ4v) is 3.68. The zero-order valence-corrected chi connectivity index (χ0v) is 15.0. The number of nitrogens with zero attached hydrogens (tertiary/aromatic N) is 2. The normalized spacial score (nSPS) is 11.0. The topological polar surface area (TPSA) is 110 Å². The number of anilines is 1. The molecule has 9 heteroatoms. The fourth-order valence-electron chi connectivity index (χ4n) is 2.79. The van der Waals surface area contributed by atoms with Crippen LogP contribution in [0.4, 0.5) is 10.8 Å². The number of hydrogen-bond acceptors (Lipinski definition) is 6. The number of benzene rings is 2. The number of carbonyl (C=O) groups excluding carboxylic acids is 1. The van der Waals surface area contributed by atoms with E-state index in [1.165, 1.54) is 29.7 Å². The second-order valence-electron chi connectivity index (χ2n) is 5.73. The molecule has 0 fully saturated rings. The molecular formula is C18H14N4O4S. The maximum absolute atomic E-state index is 12.7. The number of thiazole rings is 1. The number of aromatic amines is 1. The molecule has 27 heavy (non-hydrogen) atoms. The van der Waals surface area contributed by atoms with Gasteiger partial charge in [0.15, 0.2) is 5.13 Å². The molecule has 0 aliphatic heterocycles. The minimum absolute atomic E-state index is 0.0698. The van der Waals surface area contributed by atoms with Crippen molar-refractivity contribution in [1.29, 1.82) is 0 Å². The highest BCUT2D eigenvalue weighted by atomic mass is 32.1. The summed E-state index contributed by atoms with van der Waals surface area (Å²) >= 11 is 1.33. The SMILES string of the molecule is CCOc1ccc2nc(NC(=O)c3c[nH]c4ccc([N+](=O)[O-])cc34)sc2c1. The number of fused-ring (bicyclic) bond motifs is 2. The number of nitro benzene ring substituents is 1. The van der Waals surface area contributed by atoms with Crippen LogP contribution in [-0.4, -0.2) is 27.4 Å². The van der Waals surface area contributed by atoms with Crippen LogP contribution in [0, 0.1) is 10.1 Å². The van der Waals surface area contributed by atoms with Gasteiger partial charge in [0.2, 0.25) is 0 Å². The van der Waals surface area contributed by atoms with Gasteiger partial charge in [-0.1, -0.05) is 11.3 Å². The molecule has 0 saturated carbocycles. The Morgan fingerprint density at radius 1 is 1.33 bits per heavy atom. The smallest absolute Gasteiger partial charge is 0.270 e. The number of ether oxygens (including phenoxy) is 1. The minimum atomic E-state index is -0.488. The van der Waals surface area contributed by atoms with E-state index in [2.05, 4.69) is 15.3 Å². The van der Waals surface area contributed by atoms with Gasteiger partial charge in [-0.25, -0.2) is 4.98 Å². The van der Waals surface area contributed by atoms with Crippen LogP contribution in [0.3, 0.4) is 0 Å². The van der Waals surface area contributed by atoms with E-state index in [0.29, 0.717) is 28.2 Å². The predicted molar refractivity (Wildman–Crippen MR) is 104 cm³/mol. The van der Waals surface area contributed by atoms with Gasteiger partial charge in [-0.2, -0.15) is 0 Å². The Kier molecular flexibility index (Phi) is 4.21. The lowest BCUT2D eigenvalue weighted by Gasteiger charge is -2.00. The van der Waals surface area contributed by atoms with Gasteiger partial charge >= 0.3 is 0 Å². The van der Waals surface area contributed by atoms with Crippen LogP contribution in [0.1, 0.15) is 17.3 Å². The van der Waals surface area contributed by atoms with Crippen molar-refractivity contribution < 1.29 is 14.5 Å². The summed E-state index contributed by atoms with van der Waals surface area (Å²) in [5.74, 6) is 0.362. The van der Waals surface area contributed by atoms with Crippen molar-refractivity contribution in [2.45, 2.75) is 6.92 Å². The molecule has 2 aromatic carbocycles. The summed E-state index contributed by atoms with van der Waals surface area (Å²) in [6, 6.07) is 9.90. The molecule has 4 aromatic rings. The lowest BCUT2D eigenvalue weighted by atomic mass is 10.1. The molecule has 0 saturated heterocycles. The zero-order chi connectivity index (χ0) is 19.0. The lowest BCUT2D eigenvalue weighted by Crippen LogP contribution is -2.11. The van der Waals surface area contributed by atoms with Gasteiger partial charge in [-0.05, 0) is 31.2 Å². The maximum atomic E-state index is 12.7. The first-order valence-corrected chi connectivity index (χ1v) is 8.97. The summed E-state index contributed by atoms with van der Waals surface area (Å²) in [4.78, 5) is 30.5. The van der Waals surface area contributed by atoms with E-state index >= 15 is 0 Å². The van der Waals surface area contributed by atoms with Gasteiger partial charge in [0, 0.05) is 29.2 Å². The Balaban J connectivity index is 1.64. The van der Waals surface area contributed by atoms with E-state index in [4.69, 9.17) is 4.74 Å². The third-order valence-corrected chi connectivity index (χ3v) is 4.95. The zero-order valence-electron chi connectivity index (χ0n) is 14.2. The molecule has 0 aliphatic carbocycles. The Morgan fingerprint density at radius 3 is 2.96 bits per heavy atom. The van der Waals surface area contributed by atoms with Crippen molar-refractivity contribution in [2.75, 3.05) is 11.9 Å². The van der Waals surface area contributed by atoms with Gasteiger partial charge in [0.25, 0.3) is 11.6 Å². The van der Waals surface area contributed by atoms with Gasteiger partial charge in [-0.3, -0.25) is 20.2 Å². The molecule has 2 heterocycles. The number of aromatic nitrogens is 2. The van der Waals surface area contributed by atoms with Crippen LogP contribution >= 0.6 is 11.3 Å². The Morgan fingerprint density at radius 2 is 2.19 bits per heavy atom. The van der Waals surface area contributed by atoms with E-state index < -0.39 is 4.92 Å². The number of carbonyl (C=O) groups is 1. The molecule has 0 aliphatic rings. The second kappa shape index (κ2) is 6.69. The average Bonchev–Trinajstić information content (AvgIpc) is 3.24. The average molecular weight is 382 g/mol. The first-order valence-electron chi connectivity index (χ1n) is 8.15. The van der Waals surface area contributed by atoms with Crippen LogP contribution in [0.5, 0.6) is 5.75 Å². The number of nitro groups is 1. The first kappa shape index (κ1) is 17.0. The molecule has 0 spiro atoms. The van der Waals surface area contributed by atoms with Crippen LogP contribution in [0.15, 0.2) is 42.6 Å². The number of amides is 1. The van der Waals surface area contributed by atoms with E-state index in [0.717, 1.165) is 16.0 Å². The third kappa shape index (κ3) is 3.20. The fraction of sp³-hybridized carbons (Fsp3) is 0.111. The summed E-state index contributed by atoms with van der Waals surface area (Å²) in [6.07, 6.45) is 1.53. The van der Waals surface area contributed by atoms with Gasteiger partial charge in [0.05, 0.1) is 27.3 Å². The highest BCUT2D eigenvalue weighted by Crippen LogP contribution is 2.30. The quantitative estimate of drug-likeness (QED) is 0.394. The molecule has 0 radical (unpaired) electrons. The van der Waals surface area contributed by atoms with Gasteiger partial charge in [0.1, 0.15) is 5.75 Å². The third-order valence-electron chi connectivity index (χ3n) is 4.01. The molecule has 1 amide bonds. The van der Waals surface area contributed by atoms with Crippen molar-refractivity contribution >= 4 is 49.2 Å². The molecule has 2 N–H and O–H groups in total. The lowest BCUT2D eigenvalue weighted by molar-refractivity contribution is -0.384. The Hall–Kier alpha value is -3.46. The summed E-state index contributed by atoms with van der Waals surface area (Å²) in [7, 11) is 0. The summed E-state index contributed by atoms with van der Waals surface area (Å²) < 4.78 is 6.37. The number of hydrogen-bond donors (Lipinski definition) is 2. The van der Waals surface area contributed by atoms with Crippen molar-refractivity contribution in [3.8, 4) is 5.75 Å². The number of rotatable bonds is 5. The molecule has 0 unspecified atom stereocenters. The molecule has 0 atom stereocenters. The molecule has 2 aromatic heterocycles. The van der Waals surface area contributed by atoms with E-state index in [1.54, 1.807) is 6.07 Å². The van der Waals surface area contributed by atoms with Crippen LogP contribution in [0.2, 0.25) is 0 Å². The van der Waals surface area contributed by atoms with Crippen LogP contribution < -0.4 is 10.1 Å². The highest BCUT2D eigenvalue weighted by Gasteiger charge is 2.17.